The molecule has 1 aromatic heterocycles. The SMILES string of the molecule is OC(c1cccc2ccncc12)C1CC1. The summed E-state index contributed by atoms with van der Waals surface area (Å²) in [6.45, 7) is 0. The third-order valence-electron chi connectivity index (χ3n) is 3.10. The maximum absolute atomic E-state index is 10.1. The fourth-order valence-corrected chi connectivity index (χ4v) is 2.06. The van der Waals surface area contributed by atoms with Gasteiger partial charge in [0.2, 0.25) is 0 Å². The van der Waals surface area contributed by atoms with Gasteiger partial charge in [-0.25, -0.2) is 0 Å². The number of pyridine rings is 1. The fraction of sp³-hybridized carbons (Fsp3) is 0.308. The van der Waals surface area contributed by atoms with Crippen LogP contribution in [0.1, 0.15) is 24.5 Å². The minimum absolute atomic E-state index is 0.308. The Kier molecular flexibility index (Phi) is 1.96. The highest BCUT2D eigenvalue weighted by Crippen LogP contribution is 2.42. The van der Waals surface area contributed by atoms with Crippen LogP contribution in [0.3, 0.4) is 0 Å². The Morgan fingerprint density at radius 3 is 2.93 bits per heavy atom. The maximum atomic E-state index is 10.1. The molecule has 0 aliphatic heterocycles. The average molecular weight is 199 g/mol. The number of aliphatic hydroxyl groups is 1. The molecular weight excluding hydrogens is 186 g/mol. The molecule has 1 atom stereocenters. The highest BCUT2D eigenvalue weighted by molar-refractivity contribution is 5.85. The zero-order valence-corrected chi connectivity index (χ0v) is 8.43. The van der Waals surface area contributed by atoms with Gasteiger partial charge in [0.25, 0.3) is 0 Å². The van der Waals surface area contributed by atoms with Crippen molar-refractivity contribution in [2.45, 2.75) is 18.9 Å². The van der Waals surface area contributed by atoms with E-state index in [-0.39, 0.29) is 6.10 Å². The van der Waals surface area contributed by atoms with E-state index in [0.717, 1.165) is 29.2 Å². The lowest BCUT2D eigenvalue weighted by molar-refractivity contribution is 0.155. The van der Waals surface area contributed by atoms with Gasteiger partial charge in [-0.2, -0.15) is 0 Å². The largest absolute Gasteiger partial charge is 0.388 e. The molecule has 2 nitrogen and oxygen atoms in total. The van der Waals surface area contributed by atoms with Gasteiger partial charge in [0.1, 0.15) is 0 Å². The highest BCUT2D eigenvalue weighted by atomic mass is 16.3. The Bertz CT molecular complexity index is 485. The summed E-state index contributed by atoms with van der Waals surface area (Å²) in [5.41, 5.74) is 1.03. The average Bonchev–Trinajstić information content (AvgIpc) is 3.11. The molecule has 1 heterocycles. The molecule has 0 radical (unpaired) electrons. The van der Waals surface area contributed by atoms with Crippen LogP contribution < -0.4 is 0 Å². The zero-order valence-electron chi connectivity index (χ0n) is 8.43. The number of fused-ring (bicyclic) bond motifs is 1. The standard InChI is InChI=1S/C13H13NO/c15-13(10-4-5-10)11-3-1-2-9-6-7-14-8-12(9)11/h1-3,6-8,10,13,15H,4-5H2. The Hall–Kier alpha value is -1.41. The number of hydrogen-bond acceptors (Lipinski definition) is 2. The van der Waals surface area contributed by atoms with Crippen molar-refractivity contribution in [1.82, 2.24) is 4.98 Å². The van der Waals surface area contributed by atoms with E-state index in [9.17, 15) is 5.11 Å². The van der Waals surface area contributed by atoms with E-state index in [1.54, 1.807) is 6.20 Å². The molecule has 15 heavy (non-hydrogen) atoms. The first-order chi connectivity index (χ1) is 7.36. The lowest BCUT2D eigenvalue weighted by Crippen LogP contribution is -2.00. The summed E-state index contributed by atoms with van der Waals surface area (Å²) in [5, 5.41) is 12.4. The molecule has 3 rings (SSSR count). The molecule has 1 aromatic carbocycles. The minimum atomic E-state index is -0.308. The molecular formula is C13H13NO. The first kappa shape index (κ1) is 8.86. The quantitative estimate of drug-likeness (QED) is 0.806. The minimum Gasteiger partial charge on any atom is -0.388 e. The van der Waals surface area contributed by atoms with Crippen LogP contribution in [0.5, 0.6) is 0 Å². The van der Waals surface area contributed by atoms with Gasteiger partial charge in [-0.15, -0.1) is 0 Å². The molecule has 2 aromatic rings. The normalized spacial score (nSPS) is 17.9. The Balaban J connectivity index is 2.16. The van der Waals surface area contributed by atoms with Crippen molar-refractivity contribution < 1.29 is 5.11 Å². The molecule has 0 bridgehead atoms. The van der Waals surface area contributed by atoms with E-state index in [4.69, 9.17) is 0 Å². The molecule has 0 saturated heterocycles. The maximum Gasteiger partial charge on any atom is 0.0824 e. The van der Waals surface area contributed by atoms with Crippen molar-refractivity contribution in [3.63, 3.8) is 0 Å². The van der Waals surface area contributed by atoms with Gasteiger partial charge in [0.15, 0.2) is 0 Å². The topological polar surface area (TPSA) is 33.1 Å². The number of benzene rings is 1. The first-order valence-electron chi connectivity index (χ1n) is 5.37. The molecule has 0 spiro atoms. The van der Waals surface area contributed by atoms with Crippen LogP contribution in [0.4, 0.5) is 0 Å². The number of hydrogen-bond donors (Lipinski definition) is 1. The molecule has 1 aliphatic carbocycles. The zero-order chi connectivity index (χ0) is 10.3. The van der Waals surface area contributed by atoms with E-state index < -0.39 is 0 Å². The van der Waals surface area contributed by atoms with E-state index in [1.165, 1.54) is 0 Å². The van der Waals surface area contributed by atoms with Crippen LogP contribution in [0.25, 0.3) is 10.8 Å². The van der Waals surface area contributed by atoms with E-state index >= 15 is 0 Å². The van der Waals surface area contributed by atoms with Crippen molar-refractivity contribution in [1.29, 1.82) is 0 Å². The Morgan fingerprint density at radius 2 is 2.13 bits per heavy atom. The summed E-state index contributed by atoms with van der Waals surface area (Å²) in [7, 11) is 0. The fourth-order valence-electron chi connectivity index (χ4n) is 2.06. The number of aliphatic hydroxyl groups excluding tert-OH is 1. The van der Waals surface area contributed by atoms with Gasteiger partial charge in [0, 0.05) is 17.8 Å². The van der Waals surface area contributed by atoms with Gasteiger partial charge in [-0.05, 0) is 35.8 Å². The first-order valence-corrected chi connectivity index (χ1v) is 5.37. The molecule has 76 valence electrons. The predicted molar refractivity (Wildman–Crippen MR) is 59.4 cm³/mol. The summed E-state index contributed by atoms with van der Waals surface area (Å²) in [6.07, 6.45) is 5.62. The molecule has 0 amide bonds. The molecule has 1 saturated carbocycles. The monoisotopic (exact) mass is 199 g/mol. The van der Waals surface area contributed by atoms with Crippen molar-refractivity contribution in [3.8, 4) is 0 Å². The van der Waals surface area contributed by atoms with Gasteiger partial charge >= 0.3 is 0 Å². The van der Waals surface area contributed by atoms with Crippen LogP contribution in [-0.4, -0.2) is 10.1 Å². The lowest BCUT2D eigenvalue weighted by atomic mass is 9.99. The summed E-state index contributed by atoms with van der Waals surface area (Å²) in [5.74, 6) is 0.468. The lowest BCUT2D eigenvalue weighted by Gasteiger charge is -2.12. The van der Waals surface area contributed by atoms with Gasteiger partial charge < -0.3 is 5.11 Å². The second-order valence-electron chi connectivity index (χ2n) is 4.23. The Morgan fingerprint density at radius 1 is 1.27 bits per heavy atom. The predicted octanol–water partition coefficient (Wildman–Crippen LogP) is 2.68. The van der Waals surface area contributed by atoms with Crippen molar-refractivity contribution in [3.05, 3.63) is 42.2 Å². The van der Waals surface area contributed by atoms with Crippen LogP contribution in [0, 0.1) is 5.92 Å². The summed E-state index contributed by atoms with van der Waals surface area (Å²) >= 11 is 0. The second kappa shape index (κ2) is 3.31. The molecule has 1 aliphatic rings. The van der Waals surface area contributed by atoms with Crippen molar-refractivity contribution in [2.24, 2.45) is 5.92 Å². The number of nitrogens with zero attached hydrogens (tertiary/aromatic N) is 1. The van der Waals surface area contributed by atoms with E-state index in [1.807, 2.05) is 24.4 Å². The van der Waals surface area contributed by atoms with Gasteiger partial charge in [0.05, 0.1) is 6.10 Å². The third kappa shape index (κ3) is 1.51. The smallest absolute Gasteiger partial charge is 0.0824 e. The van der Waals surface area contributed by atoms with Gasteiger partial charge in [-0.3, -0.25) is 4.98 Å². The van der Waals surface area contributed by atoms with Crippen LogP contribution >= 0.6 is 0 Å². The van der Waals surface area contributed by atoms with Crippen LogP contribution in [0.2, 0.25) is 0 Å². The third-order valence-corrected chi connectivity index (χ3v) is 3.10. The van der Waals surface area contributed by atoms with Crippen molar-refractivity contribution in [2.75, 3.05) is 0 Å². The van der Waals surface area contributed by atoms with Crippen LogP contribution in [0.15, 0.2) is 36.7 Å². The number of aromatic nitrogens is 1. The van der Waals surface area contributed by atoms with Gasteiger partial charge in [-0.1, -0.05) is 18.2 Å². The summed E-state index contributed by atoms with van der Waals surface area (Å²) < 4.78 is 0. The van der Waals surface area contributed by atoms with Crippen LogP contribution in [-0.2, 0) is 0 Å². The summed E-state index contributed by atoms with van der Waals surface area (Å²) in [4.78, 5) is 4.12. The second-order valence-corrected chi connectivity index (χ2v) is 4.23. The van der Waals surface area contributed by atoms with E-state index in [2.05, 4.69) is 11.1 Å². The van der Waals surface area contributed by atoms with E-state index in [0.29, 0.717) is 5.92 Å². The summed E-state index contributed by atoms with van der Waals surface area (Å²) in [6, 6.07) is 8.05. The molecule has 1 unspecified atom stereocenters. The molecule has 1 fully saturated rings. The molecule has 1 N–H and O–H groups in total. The van der Waals surface area contributed by atoms with Crippen molar-refractivity contribution >= 4 is 10.8 Å². The number of rotatable bonds is 2. The molecule has 2 heteroatoms. The Labute approximate surface area is 88.6 Å². The highest BCUT2D eigenvalue weighted by Gasteiger charge is 2.31.